The minimum atomic E-state index is -0.279. The molecule has 0 unspecified atom stereocenters. The number of hydrogen-bond donors (Lipinski definition) is 1. The molecule has 6 heteroatoms. The normalized spacial score (nSPS) is 13.4. The lowest BCUT2D eigenvalue weighted by Gasteiger charge is -2.18. The Morgan fingerprint density at radius 2 is 1.90 bits per heavy atom. The topological polar surface area (TPSA) is 43.4 Å². The number of thiazole rings is 1. The summed E-state index contributed by atoms with van der Waals surface area (Å²) in [7, 11) is 0. The van der Waals surface area contributed by atoms with E-state index in [1.807, 2.05) is 18.2 Å². The van der Waals surface area contributed by atoms with Gasteiger partial charge in [-0.2, -0.15) is 0 Å². The van der Waals surface area contributed by atoms with E-state index in [2.05, 4.69) is 10.3 Å². The summed E-state index contributed by atoms with van der Waals surface area (Å²) in [6.07, 6.45) is 0. The Morgan fingerprint density at radius 3 is 2.81 bits per heavy atom. The molecule has 0 bridgehead atoms. The second-order valence-corrected chi connectivity index (χ2v) is 5.65. The Balaban J connectivity index is 1.64. The molecule has 2 heterocycles. The molecule has 1 N–H and O–H groups in total. The molecule has 21 heavy (non-hydrogen) atoms. The maximum atomic E-state index is 13.2. The number of halogens is 1. The van der Waals surface area contributed by atoms with E-state index in [0.717, 1.165) is 21.9 Å². The number of aromatic nitrogens is 1. The van der Waals surface area contributed by atoms with Crippen molar-refractivity contribution in [1.82, 2.24) is 4.98 Å². The molecule has 0 spiro atoms. The first-order valence-corrected chi connectivity index (χ1v) is 7.32. The van der Waals surface area contributed by atoms with Crippen molar-refractivity contribution < 1.29 is 13.9 Å². The minimum absolute atomic E-state index is 0.279. The predicted molar refractivity (Wildman–Crippen MR) is 80.3 cm³/mol. The lowest BCUT2D eigenvalue weighted by molar-refractivity contribution is 0.171. The quantitative estimate of drug-likeness (QED) is 0.778. The smallest absolute Gasteiger partial charge is 0.188 e. The highest BCUT2D eigenvalue weighted by Gasteiger charge is 2.12. The van der Waals surface area contributed by atoms with Crippen LogP contribution in [0.5, 0.6) is 11.5 Å². The maximum absolute atomic E-state index is 13.2. The van der Waals surface area contributed by atoms with Crippen LogP contribution in [0.1, 0.15) is 0 Å². The Bertz CT molecular complexity index is 819. The lowest BCUT2D eigenvalue weighted by atomic mass is 10.2. The van der Waals surface area contributed by atoms with Crippen molar-refractivity contribution in [2.75, 3.05) is 18.5 Å². The Labute approximate surface area is 124 Å². The molecule has 0 aliphatic carbocycles. The molecule has 0 saturated carbocycles. The van der Waals surface area contributed by atoms with Gasteiger partial charge in [-0.15, -0.1) is 0 Å². The van der Waals surface area contributed by atoms with Crippen LogP contribution >= 0.6 is 11.3 Å². The average Bonchev–Trinajstić information content (AvgIpc) is 2.88. The van der Waals surface area contributed by atoms with Crippen LogP contribution in [-0.4, -0.2) is 18.2 Å². The SMILES string of the molecule is Fc1ccc2sc(Nc3ccc4c(c3)OCCO4)nc2c1. The highest BCUT2D eigenvalue weighted by molar-refractivity contribution is 7.22. The summed E-state index contributed by atoms with van der Waals surface area (Å²) in [4.78, 5) is 4.38. The molecule has 0 radical (unpaired) electrons. The number of rotatable bonds is 2. The fraction of sp³-hybridized carbons (Fsp3) is 0.133. The highest BCUT2D eigenvalue weighted by Crippen LogP contribution is 2.35. The van der Waals surface area contributed by atoms with Crippen LogP contribution in [0.4, 0.5) is 15.2 Å². The van der Waals surface area contributed by atoms with E-state index in [-0.39, 0.29) is 5.82 Å². The van der Waals surface area contributed by atoms with Crippen LogP contribution in [-0.2, 0) is 0 Å². The van der Waals surface area contributed by atoms with Gasteiger partial charge >= 0.3 is 0 Å². The van der Waals surface area contributed by atoms with Gasteiger partial charge < -0.3 is 14.8 Å². The van der Waals surface area contributed by atoms with Gasteiger partial charge in [-0.3, -0.25) is 0 Å². The summed E-state index contributed by atoms with van der Waals surface area (Å²) in [5.74, 6) is 1.19. The molecule has 4 rings (SSSR count). The lowest BCUT2D eigenvalue weighted by Crippen LogP contribution is -2.15. The molecule has 0 saturated heterocycles. The van der Waals surface area contributed by atoms with E-state index >= 15 is 0 Å². The van der Waals surface area contributed by atoms with Crippen LogP contribution in [0, 0.1) is 5.82 Å². The largest absolute Gasteiger partial charge is 0.486 e. The molecule has 0 fully saturated rings. The van der Waals surface area contributed by atoms with Gasteiger partial charge in [0.15, 0.2) is 16.6 Å². The van der Waals surface area contributed by atoms with Gasteiger partial charge in [0.2, 0.25) is 0 Å². The predicted octanol–water partition coefficient (Wildman–Crippen LogP) is 3.95. The van der Waals surface area contributed by atoms with Crippen LogP contribution in [0.2, 0.25) is 0 Å². The number of fused-ring (bicyclic) bond motifs is 2. The van der Waals surface area contributed by atoms with Crippen molar-refractivity contribution in [3.05, 3.63) is 42.2 Å². The monoisotopic (exact) mass is 302 g/mol. The zero-order valence-electron chi connectivity index (χ0n) is 10.9. The third-order valence-electron chi connectivity index (χ3n) is 3.14. The summed E-state index contributed by atoms with van der Waals surface area (Å²) in [5, 5.41) is 3.93. The zero-order chi connectivity index (χ0) is 14.2. The Hall–Kier alpha value is -2.34. The van der Waals surface area contributed by atoms with E-state index in [1.165, 1.54) is 23.5 Å². The molecule has 1 aromatic heterocycles. The fourth-order valence-corrected chi connectivity index (χ4v) is 3.07. The van der Waals surface area contributed by atoms with Crippen LogP contribution < -0.4 is 14.8 Å². The third kappa shape index (κ3) is 2.38. The van der Waals surface area contributed by atoms with E-state index in [1.54, 1.807) is 6.07 Å². The first-order chi connectivity index (χ1) is 10.3. The van der Waals surface area contributed by atoms with Crippen molar-refractivity contribution in [2.45, 2.75) is 0 Å². The Kier molecular flexibility index (Phi) is 2.89. The first-order valence-electron chi connectivity index (χ1n) is 6.51. The molecule has 0 atom stereocenters. The number of ether oxygens (including phenoxy) is 2. The van der Waals surface area contributed by atoms with Crippen LogP contribution in [0.15, 0.2) is 36.4 Å². The van der Waals surface area contributed by atoms with Gasteiger partial charge in [0.25, 0.3) is 0 Å². The average molecular weight is 302 g/mol. The molecule has 3 aromatic rings. The number of hydrogen-bond acceptors (Lipinski definition) is 5. The van der Waals surface area contributed by atoms with Crippen molar-refractivity contribution in [3.63, 3.8) is 0 Å². The third-order valence-corrected chi connectivity index (χ3v) is 4.09. The minimum Gasteiger partial charge on any atom is -0.486 e. The molecule has 1 aliphatic rings. The molecule has 0 amide bonds. The van der Waals surface area contributed by atoms with Crippen LogP contribution in [0.3, 0.4) is 0 Å². The van der Waals surface area contributed by atoms with Gasteiger partial charge in [-0.1, -0.05) is 11.3 Å². The molecule has 1 aliphatic heterocycles. The second-order valence-electron chi connectivity index (χ2n) is 4.61. The summed E-state index contributed by atoms with van der Waals surface area (Å²) < 4.78 is 25.1. The van der Waals surface area contributed by atoms with Gasteiger partial charge in [0, 0.05) is 17.8 Å². The number of nitrogens with one attached hydrogen (secondary N) is 1. The van der Waals surface area contributed by atoms with Gasteiger partial charge in [-0.25, -0.2) is 9.37 Å². The van der Waals surface area contributed by atoms with E-state index in [0.29, 0.717) is 23.9 Å². The zero-order valence-corrected chi connectivity index (χ0v) is 11.7. The van der Waals surface area contributed by atoms with Crippen molar-refractivity contribution >= 4 is 32.4 Å². The maximum Gasteiger partial charge on any atom is 0.188 e. The molecule has 106 valence electrons. The van der Waals surface area contributed by atoms with E-state index in [4.69, 9.17) is 9.47 Å². The van der Waals surface area contributed by atoms with E-state index < -0.39 is 0 Å². The van der Waals surface area contributed by atoms with Crippen molar-refractivity contribution in [3.8, 4) is 11.5 Å². The van der Waals surface area contributed by atoms with Crippen LogP contribution in [0.25, 0.3) is 10.2 Å². The highest BCUT2D eigenvalue weighted by atomic mass is 32.1. The summed E-state index contributed by atoms with van der Waals surface area (Å²) in [6, 6.07) is 10.2. The second kappa shape index (κ2) is 4.89. The molecular weight excluding hydrogens is 291 g/mol. The summed E-state index contributed by atoms with van der Waals surface area (Å²) in [5.41, 5.74) is 1.51. The standard InChI is InChI=1S/C15H11FN2O2S/c16-9-1-4-14-11(7-9)18-15(21-14)17-10-2-3-12-13(8-10)20-6-5-19-12/h1-4,7-8H,5-6H2,(H,17,18). The molecule has 2 aromatic carbocycles. The van der Waals surface area contributed by atoms with E-state index in [9.17, 15) is 4.39 Å². The van der Waals surface area contributed by atoms with Crippen molar-refractivity contribution in [2.24, 2.45) is 0 Å². The summed E-state index contributed by atoms with van der Waals surface area (Å²) in [6.45, 7) is 1.13. The fourth-order valence-electron chi connectivity index (χ4n) is 2.20. The van der Waals surface area contributed by atoms with Gasteiger partial charge in [0.1, 0.15) is 19.0 Å². The number of anilines is 2. The van der Waals surface area contributed by atoms with Gasteiger partial charge in [0.05, 0.1) is 10.2 Å². The summed E-state index contributed by atoms with van der Waals surface area (Å²) >= 11 is 1.48. The van der Waals surface area contributed by atoms with Crippen molar-refractivity contribution in [1.29, 1.82) is 0 Å². The van der Waals surface area contributed by atoms with Gasteiger partial charge in [-0.05, 0) is 24.3 Å². The Morgan fingerprint density at radius 1 is 1.05 bits per heavy atom. The molecule has 4 nitrogen and oxygen atoms in total. The molecular formula is C15H11FN2O2S. The number of nitrogens with zero attached hydrogens (tertiary/aromatic N) is 1. The first kappa shape index (κ1) is 12.4. The number of benzene rings is 2.